The second kappa shape index (κ2) is 11.8. The average Bonchev–Trinajstić information content (AvgIpc) is 3.55. The Morgan fingerprint density at radius 1 is 1.18 bits per heavy atom. The first-order valence-corrected chi connectivity index (χ1v) is 15.0. The maximum absolute atomic E-state index is 14.6. The molecule has 5 rings (SSSR count). The van der Waals surface area contributed by atoms with Gasteiger partial charge in [0.2, 0.25) is 5.91 Å². The van der Waals surface area contributed by atoms with Crippen LogP contribution in [0.3, 0.4) is 0 Å². The van der Waals surface area contributed by atoms with Crippen molar-refractivity contribution in [2.45, 2.75) is 48.6 Å². The van der Waals surface area contributed by atoms with Gasteiger partial charge < -0.3 is 19.6 Å². The number of amides is 2. The van der Waals surface area contributed by atoms with Gasteiger partial charge in [-0.25, -0.2) is 0 Å². The van der Waals surface area contributed by atoms with Gasteiger partial charge in [-0.3, -0.25) is 14.4 Å². The van der Waals surface area contributed by atoms with Gasteiger partial charge in [-0.2, -0.15) is 0 Å². The number of β-amino-alcohol motifs (C(OH)–C–C–N with tert-alkyl or cyclic N) is 1. The molecular formula is C32H38N2O5S. The molecule has 2 aromatic rings. The normalized spacial score (nSPS) is 28.5. The van der Waals surface area contributed by atoms with Gasteiger partial charge in [0, 0.05) is 24.0 Å². The molecule has 3 fully saturated rings. The lowest BCUT2D eigenvalue weighted by Crippen LogP contribution is -2.57. The molecule has 2 aromatic carbocycles. The minimum absolute atomic E-state index is 0.0351. The summed E-state index contributed by atoms with van der Waals surface area (Å²) >= 11 is 1.61. The van der Waals surface area contributed by atoms with Gasteiger partial charge in [0.25, 0.3) is 5.91 Å². The number of likely N-dealkylation sites (tertiary alicyclic amines) is 1. The molecule has 8 heteroatoms. The van der Waals surface area contributed by atoms with E-state index in [9.17, 15) is 19.5 Å². The molecular weight excluding hydrogens is 524 g/mol. The van der Waals surface area contributed by atoms with Crippen LogP contribution >= 0.6 is 11.8 Å². The van der Waals surface area contributed by atoms with Crippen molar-refractivity contribution in [1.82, 2.24) is 4.90 Å². The van der Waals surface area contributed by atoms with Crippen molar-refractivity contribution in [3.63, 3.8) is 0 Å². The zero-order valence-electron chi connectivity index (χ0n) is 23.0. The summed E-state index contributed by atoms with van der Waals surface area (Å²) in [6.07, 6.45) is 6.75. The van der Waals surface area contributed by atoms with Crippen molar-refractivity contribution >= 4 is 46.0 Å². The van der Waals surface area contributed by atoms with Crippen LogP contribution in [0, 0.1) is 17.8 Å². The SMILES string of the molecule is C=CCCCCOC(=O)[C@@H]1[C@H]2C(=O)N(CCO)C(C(=O)N(CC=C)c3ccc4ccccc4c3)C23S[C@@H]1CC3C. The number of aliphatic hydroxyl groups is 1. The molecule has 0 aromatic heterocycles. The first kappa shape index (κ1) is 28.4. The van der Waals surface area contributed by atoms with Crippen LogP contribution in [0.25, 0.3) is 10.8 Å². The summed E-state index contributed by atoms with van der Waals surface area (Å²) in [5.41, 5.74) is 0.723. The maximum atomic E-state index is 14.6. The highest BCUT2D eigenvalue weighted by Crippen LogP contribution is 2.68. The Hall–Kier alpha value is -3.10. The van der Waals surface area contributed by atoms with Crippen molar-refractivity contribution < 1.29 is 24.2 Å². The van der Waals surface area contributed by atoms with E-state index in [1.54, 1.807) is 22.7 Å². The van der Waals surface area contributed by atoms with Crippen LogP contribution in [0.2, 0.25) is 0 Å². The third kappa shape index (κ3) is 4.65. The van der Waals surface area contributed by atoms with E-state index >= 15 is 0 Å². The topological polar surface area (TPSA) is 87.1 Å². The van der Waals surface area contributed by atoms with Crippen LogP contribution in [0.1, 0.15) is 32.6 Å². The molecule has 1 N–H and O–H groups in total. The Morgan fingerprint density at radius 3 is 2.67 bits per heavy atom. The van der Waals surface area contributed by atoms with Gasteiger partial charge in [-0.05, 0) is 54.5 Å². The quantitative estimate of drug-likeness (QED) is 0.231. The minimum atomic E-state index is -0.807. The Bertz CT molecular complexity index is 1310. The number of anilines is 1. The largest absolute Gasteiger partial charge is 0.465 e. The number of ether oxygens (including phenoxy) is 1. The van der Waals surface area contributed by atoms with E-state index in [2.05, 4.69) is 20.1 Å². The molecule has 3 aliphatic heterocycles. The first-order chi connectivity index (χ1) is 19.4. The van der Waals surface area contributed by atoms with Gasteiger partial charge in [0.05, 0.1) is 29.8 Å². The Balaban J connectivity index is 1.49. The molecule has 0 radical (unpaired) electrons. The summed E-state index contributed by atoms with van der Waals surface area (Å²) in [5.74, 6) is -2.02. The number of aliphatic hydroxyl groups excluding tert-OH is 1. The number of hydrogen-bond acceptors (Lipinski definition) is 6. The smallest absolute Gasteiger partial charge is 0.310 e. The molecule has 2 amide bonds. The van der Waals surface area contributed by atoms with Crippen molar-refractivity contribution in [3.8, 4) is 0 Å². The molecule has 3 heterocycles. The van der Waals surface area contributed by atoms with Gasteiger partial charge in [0.15, 0.2) is 0 Å². The second-order valence-corrected chi connectivity index (χ2v) is 12.6. The van der Waals surface area contributed by atoms with Crippen LogP contribution in [-0.2, 0) is 19.1 Å². The number of thioether (sulfide) groups is 1. The molecule has 3 unspecified atom stereocenters. The Morgan fingerprint density at radius 2 is 1.95 bits per heavy atom. The van der Waals surface area contributed by atoms with Gasteiger partial charge in [-0.1, -0.05) is 49.4 Å². The first-order valence-electron chi connectivity index (χ1n) is 14.2. The third-order valence-electron chi connectivity index (χ3n) is 8.76. The van der Waals surface area contributed by atoms with E-state index in [-0.39, 0.29) is 48.6 Å². The summed E-state index contributed by atoms with van der Waals surface area (Å²) in [4.78, 5) is 45.2. The molecule has 7 nitrogen and oxygen atoms in total. The molecule has 3 aliphatic rings. The van der Waals surface area contributed by atoms with E-state index in [1.807, 2.05) is 48.5 Å². The van der Waals surface area contributed by atoms with Gasteiger partial charge >= 0.3 is 5.97 Å². The zero-order chi connectivity index (χ0) is 28.4. The fraction of sp³-hybridized carbons (Fsp3) is 0.469. The van der Waals surface area contributed by atoms with Crippen molar-refractivity contribution in [2.75, 3.05) is 31.2 Å². The Labute approximate surface area is 240 Å². The molecule has 1 spiro atoms. The number of fused-ring (bicyclic) bond motifs is 2. The lowest BCUT2D eigenvalue weighted by molar-refractivity contribution is -0.154. The summed E-state index contributed by atoms with van der Waals surface area (Å²) in [5, 5.41) is 11.9. The predicted octanol–water partition coefficient (Wildman–Crippen LogP) is 4.59. The Kier molecular flexibility index (Phi) is 8.38. The molecule has 0 aliphatic carbocycles. The number of unbranched alkanes of at least 4 members (excludes halogenated alkanes) is 2. The minimum Gasteiger partial charge on any atom is -0.465 e. The number of carbonyl (C=O) groups is 3. The summed E-state index contributed by atoms with van der Waals surface area (Å²) in [6, 6.07) is 13.0. The number of hydrogen-bond donors (Lipinski definition) is 1. The highest BCUT2D eigenvalue weighted by molar-refractivity contribution is 8.02. The number of carbonyl (C=O) groups excluding carboxylic acids is 3. The highest BCUT2D eigenvalue weighted by atomic mass is 32.2. The van der Waals surface area contributed by atoms with E-state index in [1.165, 1.54) is 4.90 Å². The van der Waals surface area contributed by atoms with Crippen LogP contribution in [0.5, 0.6) is 0 Å². The second-order valence-electron chi connectivity index (χ2n) is 11.0. The molecule has 2 bridgehead atoms. The molecule has 6 atom stereocenters. The van der Waals surface area contributed by atoms with Crippen molar-refractivity contribution in [3.05, 3.63) is 67.8 Å². The third-order valence-corrected chi connectivity index (χ3v) is 10.8. The van der Waals surface area contributed by atoms with Crippen molar-refractivity contribution in [1.29, 1.82) is 0 Å². The van der Waals surface area contributed by atoms with Crippen LogP contribution < -0.4 is 4.90 Å². The fourth-order valence-corrected chi connectivity index (χ4v) is 9.42. The molecule has 0 saturated carbocycles. The summed E-state index contributed by atoms with van der Waals surface area (Å²) < 4.78 is 4.92. The number of benzene rings is 2. The molecule has 3 saturated heterocycles. The fourth-order valence-electron chi connectivity index (χ4n) is 7.02. The predicted molar refractivity (Wildman–Crippen MR) is 159 cm³/mol. The van der Waals surface area contributed by atoms with E-state index in [0.29, 0.717) is 6.61 Å². The highest BCUT2D eigenvalue weighted by Gasteiger charge is 2.76. The van der Waals surface area contributed by atoms with Crippen LogP contribution in [-0.4, -0.2) is 70.1 Å². The number of rotatable bonds is 12. The average molecular weight is 563 g/mol. The van der Waals surface area contributed by atoms with E-state index in [0.717, 1.165) is 42.1 Å². The number of esters is 1. The lowest BCUT2D eigenvalue weighted by atomic mass is 9.66. The molecule has 40 heavy (non-hydrogen) atoms. The van der Waals surface area contributed by atoms with E-state index in [4.69, 9.17) is 4.74 Å². The summed E-state index contributed by atoms with van der Waals surface area (Å²) in [7, 11) is 0. The van der Waals surface area contributed by atoms with Crippen LogP contribution in [0.4, 0.5) is 5.69 Å². The molecule has 212 valence electrons. The number of allylic oxidation sites excluding steroid dienone is 1. The van der Waals surface area contributed by atoms with Crippen LogP contribution in [0.15, 0.2) is 67.8 Å². The monoisotopic (exact) mass is 562 g/mol. The van der Waals surface area contributed by atoms with Crippen molar-refractivity contribution in [2.24, 2.45) is 17.8 Å². The standard InChI is InChI=1S/C32H38N2O5S/c1-4-6-7-10-18-39-31(38)26-25-19-21(3)32(40-25)27(26)29(36)34(16-17-35)28(32)30(37)33(15-5-2)24-14-13-22-11-8-9-12-23(22)20-24/h4-5,8-9,11-14,20-21,25-28,35H,1-2,6-7,10,15-19H2,3H3/t21?,25-,26+,27+,28?,32?/m1/s1. The van der Waals surface area contributed by atoms with E-state index < -0.39 is 22.6 Å². The van der Waals surface area contributed by atoms with Gasteiger partial charge in [0.1, 0.15) is 6.04 Å². The summed E-state index contributed by atoms with van der Waals surface area (Å²) in [6.45, 7) is 10.0. The maximum Gasteiger partial charge on any atom is 0.310 e. The lowest BCUT2D eigenvalue weighted by Gasteiger charge is -2.40. The van der Waals surface area contributed by atoms with Gasteiger partial charge in [-0.15, -0.1) is 24.9 Å². The zero-order valence-corrected chi connectivity index (χ0v) is 23.9. The number of nitrogens with zero attached hydrogens (tertiary/aromatic N) is 2.